The van der Waals surface area contributed by atoms with E-state index in [1.54, 1.807) is 0 Å². The Hall–Kier alpha value is -3.63. The Morgan fingerprint density at radius 2 is 1.69 bits per heavy atom. The number of tetrazole rings is 1. The minimum atomic E-state index is -6.36. The molecule has 0 saturated carbocycles. The summed E-state index contributed by atoms with van der Waals surface area (Å²) in [5.74, 6) is -1.33. The Bertz CT molecular complexity index is 1580. The molecule has 0 bridgehead atoms. The number of likely N-dealkylation sites (tertiary alicyclic amines) is 1. The predicted octanol–water partition coefficient (Wildman–Crippen LogP) is 4.48. The average molecular weight is 624 g/mol. The maximum absolute atomic E-state index is 15.0. The number of hydrogen-bond acceptors (Lipinski definition) is 6. The van der Waals surface area contributed by atoms with Crippen molar-refractivity contribution in [2.45, 2.75) is 65.8 Å². The number of aromatic nitrogens is 4. The van der Waals surface area contributed by atoms with Crippen LogP contribution in [0.25, 0.3) is 0 Å². The van der Waals surface area contributed by atoms with Crippen LogP contribution in [0.2, 0.25) is 0 Å². The van der Waals surface area contributed by atoms with Crippen molar-refractivity contribution >= 4 is 15.7 Å². The molecule has 1 N–H and O–H groups in total. The molecule has 1 saturated heterocycles. The minimum absolute atomic E-state index is 0.0103. The molecule has 226 valence electrons. The fraction of sp³-hybridized carbons (Fsp3) is 0.440. The first-order chi connectivity index (χ1) is 19.5. The second-order valence-corrected chi connectivity index (χ2v) is 12.3. The van der Waals surface area contributed by atoms with Crippen molar-refractivity contribution in [2.75, 3.05) is 6.54 Å². The van der Waals surface area contributed by atoms with Gasteiger partial charge in [-0.25, -0.2) is 17.2 Å². The number of rotatable bonds is 5. The lowest BCUT2D eigenvalue weighted by Crippen LogP contribution is -2.51. The van der Waals surface area contributed by atoms with Gasteiger partial charge in [0.2, 0.25) is 5.91 Å². The van der Waals surface area contributed by atoms with Crippen LogP contribution in [-0.4, -0.2) is 64.8 Å². The monoisotopic (exact) mass is 623 g/mol. The van der Waals surface area contributed by atoms with Gasteiger partial charge in [0, 0.05) is 12.1 Å². The molecule has 42 heavy (non-hydrogen) atoms. The van der Waals surface area contributed by atoms with Gasteiger partial charge in [-0.05, 0) is 61.1 Å². The number of carbonyl (C=O) groups is 1. The molecular formula is C25H21F8N5O3S. The van der Waals surface area contributed by atoms with Crippen LogP contribution in [0.1, 0.15) is 41.8 Å². The molecule has 1 amide bonds. The van der Waals surface area contributed by atoms with Crippen LogP contribution < -0.4 is 0 Å². The standard InChI is InChI=1S/C25H21F8N5O3S/c26-16-5-7-17(8-6-16)42(40,41)22-10-11-38(21(39)13-20-34-36-37-35-20)19(22)3-1-2-14-12-15(4-9-18(14)22)23(27,24(28,29)30)25(31,32)33/h4-9,12,19H,1-3,10-11,13H2,(H,34,35,36,37)/t19-,22-/m1/s1. The fourth-order valence-electron chi connectivity index (χ4n) is 6.04. The van der Waals surface area contributed by atoms with Gasteiger partial charge in [0.05, 0.1) is 17.4 Å². The first kappa shape index (κ1) is 29.8. The predicted molar refractivity (Wildman–Crippen MR) is 128 cm³/mol. The largest absolute Gasteiger partial charge is 0.435 e. The van der Waals surface area contributed by atoms with Gasteiger partial charge >= 0.3 is 18.0 Å². The van der Waals surface area contributed by atoms with Crippen LogP contribution in [0.15, 0.2) is 47.4 Å². The first-order valence-electron chi connectivity index (χ1n) is 12.5. The summed E-state index contributed by atoms with van der Waals surface area (Å²) in [5, 5.41) is 13.0. The fourth-order valence-corrected chi connectivity index (χ4v) is 8.41. The third-order valence-corrected chi connectivity index (χ3v) is 10.5. The molecule has 5 rings (SSSR count). The van der Waals surface area contributed by atoms with Crippen LogP contribution in [0, 0.1) is 5.82 Å². The number of amides is 1. The molecule has 1 aromatic heterocycles. The van der Waals surface area contributed by atoms with Gasteiger partial charge in [-0.2, -0.15) is 31.6 Å². The number of alkyl halides is 7. The maximum atomic E-state index is 15.0. The Kier molecular flexibility index (Phi) is 7.09. The smallest absolute Gasteiger partial charge is 0.337 e. The van der Waals surface area contributed by atoms with Gasteiger partial charge in [-0.1, -0.05) is 23.4 Å². The second kappa shape index (κ2) is 9.98. The van der Waals surface area contributed by atoms with Crippen LogP contribution >= 0.6 is 0 Å². The highest BCUT2D eigenvalue weighted by atomic mass is 32.2. The molecule has 17 heteroatoms. The van der Waals surface area contributed by atoms with Gasteiger partial charge < -0.3 is 4.90 Å². The third-order valence-electron chi connectivity index (χ3n) is 7.92. The van der Waals surface area contributed by atoms with Crippen molar-refractivity contribution in [3.8, 4) is 0 Å². The zero-order valence-electron chi connectivity index (χ0n) is 21.3. The summed E-state index contributed by atoms with van der Waals surface area (Å²) in [7, 11) is -4.60. The quantitative estimate of drug-likeness (QED) is 0.332. The van der Waals surface area contributed by atoms with Crippen molar-refractivity contribution in [3.05, 3.63) is 70.8 Å². The van der Waals surface area contributed by atoms with Crippen molar-refractivity contribution in [2.24, 2.45) is 0 Å². The molecular weight excluding hydrogens is 602 g/mol. The number of benzene rings is 2. The summed E-state index contributed by atoms with van der Waals surface area (Å²) >= 11 is 0. The topological polar surface area (TPSA) is 109 Å². The van der Waals surface area contributed by atoms with E-state index in [2.05, 4.69) is 20.6 Å². The molecule has 0 radical (unpaired) electrons. The Labute approximate surface area is 233 Å². The SMILES string of the molecule is O=C(Cc1nn[nH]n1)N1CC[C@@]2(S(=O)(=O)c3ccc(F)cc3)c3ccc(C(F)(C(F)(F)F)C(F)(F)F)cc3CCC[C@@H]12. The van der Waals surface area contributed by atoms with Gasteiger partial charge in [-0.3, -0.25) is 4.79 Å². The number of aromatic amines is 1. The Morgan fingerprint density at radius 3 is 2.29 bits per heavy atom. The highest BCUT2D eigenvalue weighted by Crippen LogP contribution is 2.56. The Balaban J connectivity index is 1.70. The number of nitrogens with zero attached hydrogens (tertiary/aromatic N) is 4. The maximum Gasteiger partial charge on any atom is 0.435 e. The summed E-state index contributed by atoms with van der Waals surface area (Å²) in [6.07, 6.45) is -13.5. The molecule has 2 aliphatic rings. The summed E-state index contributed by atoms with van der Waals surface area (Å²) in [6.45, 7) is -0.152. The second-order valence-electron chi connectivity index (χ2n) is 10.1. The van der Waals surface area contributed by atoms with Crippen LogP contribution in [0.5, 0.6) is 0 Å². The number of carbonyl (C=O) groups excluding carboxylic acids is 1. The van der Waals surface area contributed by atoms with Crippen molar-refractivity contribution in [1.29, 1.82) is 0 Å². The van der Waals surface area contributed by atoms with Crippen molar-refractivity contribution in [3.63, 3.8) is 0 Å². The van der Waals surface area contributed by atoms with E-state index in [1.807, 2.05) is 0 Å². The van der Waals surface area contributed by atoms with Crippen molar-refractivity contribution in [1.82, 2.24) is 25.5 Å². The summed E-state index contributed by atoms with van der Waals surface area (Å²) in [4.78, 5) is 14.2. The molecule has 2 heterocycles. The number of hydrogen-bond donors (Lipinski definition) is 1. The number of sulfone groups is 1. The molecule has 2 aromatic carbocycles. The number of nitrogens with one attached hydrogen (secondary N) is 1. The van der Waals surface area contributed by atoms with E-state index in [9.17, 15) is 48.3 Å². The molecule has 2 atom stereocenters. The van der Waals surface area contributed by atoms with E-state index in [-0.39, 0.29) is 66.6 Å². The zero-order valence-corrected chi connectivity index (χ0v) is 22.1. The first-order valence-corrected chi connectivity index (χ1v) is 14.0. The molecule has 1 aliphatic carbocycles. The highest BCUT2D eigenvalue weighted by molar-refractivity contribution is 7.92. The number of H-pyrrole nitrogens is 1. The molecule has 0 unspecified atom stereocenters. The van der Waals surface area contributed by atoms with E-state index in [0.29, 0.717) is 6.07 Å². The van der Waals surface area contributed by atoms with Crippen molar-refractivity contribution < 1.29 is 48.3 Å². The summed E-state index contributed by atoms with van der Waals surface area (Å²) in [5.41, 5.74) is -7.84. The van der Waals surface area contributed by atoms with E-state index in [0.717, 1.165) is 30.3 Å². The lowest BCUT2D eigenvalue weighted by atomic mass is 9.84. The molecule has 8 nitrogen and oxygen atoms in total. The van der Waals surface area contributed by atoms with E-state index >= 15 is 0 Å². The van der Waals surface area contributed by atoms with Crippen LogP contribution in [0.3, 0.4) is 0 Å². The molecule has 3 aromatic rings. The normalized spacial score (nSPS) is 21.5. The average Bonchev–Trinajstić information content (AvgIpc) is 3.52. The molecule has 0 spiro atoms. The summed E-state index contributed by atoms with van der Waals surface area (Å²) in [6, 6.07) is 4.08. The van der Waals surface area contributed by atoms with Gasteiger partial charge in [0.15, 0.2) is 15.7 Å². The van der Waals surface area contributed by atoms with Gasteiger partial charge in [0.1, 0.15) is 10.6 Å². The highest BCUT2D eigenvalue weighted by Gasteiger charge is 2.73. The van der Waals surface area contributed by atoms with E-state index in [4.69, 9.17) is 0 Å². The van der Waals surface area contributed by atoms with Gasteiger partial charge in [-0.15, -0.1) is 10.2 Å². The third kappa shape index (κ3) is 4.43. The van der Waals surface area contributed by atoms with Crippen LogP contribution in [-0.2, 0) is 37.9 Å². The minimum Gasteiger partial charge on any atom is -0.337 e. The van der Waals surface area contributed by atoms with E-state index < -0.39 is 55.9 Å². The summed E-state index contributed by atoms with van der Waals surface area (Å²) < 4.78 is 137. The van der Waals surface area contributed by atoms with Gasteiger partial charge in [0.25, 0.3) is 0 Å². The number of halogens is 8. The van der Waals surface area contributed by atoms with Crippen LogP contribution in [0.4, 0.5) is 35.1 Å². The Morgan fingerprint density at radius 1 is 1.02 bits per heavy atom. The van der Waals surface area contributed by atoms with E-state index in [1.165, 1.54) is 4.90 Å². The molecule has 1 aliphatic heterocycles. The lowest BCUT2D eigenvalue weighted by molar-refractivity contribution is -0.348. The number of fused-ring (bicyclic) bond motifs is 3. The molecule has 1 fully saturated rings. The number of aryl methyl sites for hydroxylation is 1. The lowest BCUT2D eigenvalue weighted by Gasteiger charge is -2.38. The zero-order chi connectivity index (χ0) is 30.7.